The summed E-state index contributed by atoms with van der Waals surface area (Å²) in [5.41, 5.74) is 4.34. The Labute approximate surface area is 136 Å². The second kappa shape index (κ2) is 6.07. The zero-order chi connectivity index (χ0) is 15.6. The summed E-state index contributed by atoms with van der Waals surface area (Å²) in [4.78, 5) is 11.7. The van der Waals surface area contributed by atoms with E-state index in [2.05, 4.69) is 22.3 Å². The second-order valence-electron chi connectivity index (χ2n) is 6.24. The maximum atomic E-state index is 6.05. The Kier molecular flexibility index (Phi) is 3.77. The predicted octanol–water partition coefficient (Wildman–Crippen LogP) is 3.28. The van der Waals surface area contributed by atoms with Crippen molar-refractivity contribution in [2.45, 2.75) is 39.3 Å². The summed E-state index contributed by atoms with van der Waals surface area (Å²) in [6.45, 7) is 5.36. The summed E-state index contributed by atoms with van der Waals surface area (Å²) in [5.74, 6) is 1.54. The first-order valence-corrected chi connectivity index (χ1v) is 8.38. The van der Waals surface area contributed by atoms with Crippen LogP contribution in [0.1, 0.15) is 36.1 Å². The SMILES string of the molecule is Cc1nc(N2CCCCC2)nc2c1CNc1ccccc1CO2. The van der Waals surface area contributed by atoms with E-state index in [1.807, 2.05) is 19.1 Å². The van der Waals surface area contributed by atoms with Gasteiger partial charge in [-0.25, -0.2) is 4.98 Å². The van der Waals surface area contributed by atoms with E-state index in [1.165, 1.54) is 19.3 Å². The Hall–Kier alpha value is -2.30. The number of benzene rings is 1. The van der Waals surface area contributed by atoms with E-state index in [1.54, 1.807) is 0 Å². The number of rotatable bonds is 1. The third-order valence-electron chi connectivity index (χ3n) is 4.64. The van der Waals surface area contributed by atoms with Crippen LogP contribution in [0.25, 0.3) is 0 Å². The minimum absolute atomic E-state index is 0.534. The second-order valence-corrected chi connectivity index (χ2v) is 6.24. The van der Waals surface area contributed by atoms with Crippen LogP contribution in [0.15, 0.2) is 24.3 Å². The van der Waals surface area contributed by atoms with Crippen LogP contribution in [-0.4, -0.2) is 23.1 Å². The Morgan fingerprint density at radius 3 is 2.78 bits per heavy atom. The number of hydrogen-bond donors (Lipinski definition) is 1. The number of nitrogens with one attached hydrogen (secondary N) is 1. The molecule has 1 aromatic heterocycles. The van der Waals surface area contributed by atoms with Crippen molar-refractivity contribution in [2.24, 2.45) is 0 Å². The molecule has 23 heavy (non-hydrogen) atoms. The van der Waals surface area contributed by atoms with E-state index in [9.17, 15) is 0 Å². The summed E-state index contributed by atoms with van der Waals surface area (Å²) in [6.07, 6.45) is 3.74. The zero-order valence-electron chi connectivity index (χ0n) is 13.5. The zero-order valence-corrected chi connectivity index (χ0v) is 13.5. The van der Waals surface area contributed by atoms with Crippen LogP contribution in [0, 0.1) is 6.92 Å². The molecule has 0 bridgehead atoms. The summed E-state index contributed by atoms with van der Waals surface area (Å²) in [6, 6.07) is 8.25. The Morgan fingerprint density at radius 1 is 1.09 bits per heavy atom. The number of piperidine rings is 1. The van der Waals surface area contributed by atoms with E-state index in [0.717, 1.165) is 47.4 Å². The van der Waals surface area contributed by atoms with Crippen molar-refractivity contribution < 1.29 is 4.74 Å². The van der Waals surface area contributed by atoms with Gasteiger partial charge in [-0.05, 0) is 32.3 Å². The molecule has 1 fully saturated rings. The molecule has 2 aliphatic rings. The lowest BCUT2D eigenvalue weighted by Crippen LogP contribution is -2.31. The fraction of sp³-hybridized carbons (Fsp3) is 0.444. The Bertz CT molecular complexity index is 710. The van der Waals surface area contributed by atoms with Crippen molar-refractivity contribution in [1.29, 1.82) is 0 Å². The average Bonchev–Trinajstić information content (AvgIpc) is 2.58. The third-order valence-corrected chi connectivity index (χ3v) is 4.64. The number of aromatic nitrogens is 2. The van der Waals surface area contributed by atoms with Crippen molar-refractivity contribution in [3.05, 3.63) is 41.1 Å². The predicted molar refractivity (Wildman–Crippen MR) is 90.9 cm³/mol. The normalized spacial score (nSPS) is 17.2. The highest BCUT2D eigenvalue weighted by Gasteiger charge is 2.20. The van der Waals surface area contributed by atoms with Gasteiger partial charge in [0.25, 0.3) is 0 Å². The fourth-order valence-corrected chi connectivity index (χ4v) is 3.26. The van der Waals surface area contributed by atoms with E-state index >= 15 is 0 Å². The molecule has 3 heterocycles. The van der Waals surface area contributed by atoms with Crippen LogP contribution in [-0.2, 0) is 13.2 Å². The molecular weight excluding hydrogens is 288 g/mol. The minimum atomic E-state index is 0.534. The van der Waals surface area contributed by atoms with Crippen LogP contribution >= 0.6 is 0 Å². The first-order valence-electron chi connectivity index (χ1n) is 8.38. The number of hydrogen-bond acceptors (Lipinski definition) is 5. The molecular formula is C18H22N4O. The first kappa shape index (κ1) is 14.3. The molecule has 0 spiro atoms. The molecule has 0 radical (unpaired) electrons. The topological polar surface area (TPSA) is 50.3 Å². The standard InChI is InChI=1S/C18H22N4O/c1-13-15-11-19-16-8-4-3-7-14(16)12-23-17(15)21-18(20-13)22-9-5-2-6-10-22/h3-4,7-8,19H,2,5-6,9-12H2,1H3. The van der Waals surface area contributed by atoms with Crippen molar-refractivity contribution in [1.82, 2.24) is 9.97 Å². The molecule has 2 aromatic rings. The van der Waals surface area contributed by atoms with Gasteiger partial charge < -0.3 is 15.0 Å². The van der Waals surface area contributed by atoms with Gasteiger partial charge in [-0.2, -0.15) is 4.98 Å². The van der Waals surface area contributed by atoms with Gasteiger partial charge in [0, 0.05) is 30.9 Å². The van der Waals surface area contributed by atoms with Crippen molar-refractivity contribution in [3.8, 4) is 5.88 Å². The highest BCUT2D eigenvalue weighted by atomic mass is 16.5. The summed E-state index contributed by atoms with van der Waals surface area (Å²) >= 11 is 0. The fourth-order valence-electron chi connectivity index (χ4n) is 3.26. The number of anilines is 2. The monoisotopic (exact) mass is 310 g/mol. The molecule has 0 saturated carbocycles. The summed E-state index contributed by atoms with van der Waals surface area (Å²) in [5, 5.41) is 3.49. The number of ether oxygens (including phenoxy) is 1. The summed E-state index contributed by atoms with van der Waals surface area (Å²) < 4.78 is 6.05. The van der Waals surface area contributed by atoms with E-state index in [4.69, 9.17) is 14.7 Å². The molecule has 4 rings (SSSR count). The van der Waals surface area contributed by atoms with Crippen LogP contribution in [0.3, 0.4) is 0 Å². The van der Waals surface area contributed by atoms with Gasteiger partial charge in [0.1, 0.15) is 6.61 Å². The van der Waals surface area contributed by atoms with E-state index in [-0.39, 0.29) is 0 Å². The first-order chi connectivity index (χ1) is 11.3. The van der Waals surface area contributed by atoms with Gasteiger partial charge in [-0.3, -0.25) is 0 Å². The molecule has 0 aliphatic carbocycles. The number of fused-ring (bicyclic) bond motifs is 2. The number of nitrogens with zero attached hydrogens (tertiary/aromatic N) is 3. The van der Waals surface area contributed by atoms with Crippen molar-refractivity contribution >= 4 is 11.6 Å². The number of para-hydroxylation sites is 1. The van der Waals surface area contributed by atoms with E-state index < -0.39 is 0 Å². The Balaban J connectivity index is 1.65. The van der Waals surface area contributed by atoms with Crippen LogP contribution in [0.5, 0.6) is 5.88 Å². The smallest absolute Gasteiger partial charge is 0.228 e. The van der Waals surface area contributed by atoms with Gasteiger partial charge in [-0.15, -0.1) is 0 Å². The number of aryl methyl sites for hydroxylation is 1. The van der Waals surface area contributed by atoms with Gasteiger partial charge in [0.15, 0.2) is 0 Å². The van der Waals surface area contributed by atoms with Crippen LogP contribution in [0.4, 0.5) is 11.6 Å². The quantitative estimate of drug-likeness (QED) is 0.876. The molecule has 1 saturated heterocycles. The average molecular weight is 310 g/mol. The molecule has 1 N–H and O–H groups in total. The lowest BCUT2D eigenvalue weighted by atomic mass is 10.1. The lowest BCUT2D eigenvalue weighted by Gasteiger charge is -2.28. The molecule has 0 unspecified atom stereocenters. The van der Waals surface area contributed by atoms with Gasteiger partial charge in [0.2, 0.25) is 11.8 Å². The largest absolute Gasteiger partial charge is 0.472 e. The van der Waals surface area contributed by atoms with Gasteiger partial charge in [0.05, 0.1) is 11.3 Å². The van der Waals surface area contributed by atoms with Gasteiger partial charge in [-0.1, -0.05) is 18.2 Å². The molecule has 1 aromatic carbocycles. The van der Waals surface area contributed by atoms with Crippen molar-refractivity contribution in [2.75, 3.05) is 23.3 Å². The lowest BCUT2D eigenvalue weighted by molar-refractivity contribution is 0.288. The maximum Gasteiger partial charge on any atom is 0.228 e. The maximum absolute atomic E-state index is 6.05. The molecule has 2 aliphatic heterocycles. The highest BCUT2D eigenvalue weighted by Crippen LogP contribution is 2.29. The minimum Gasteiger partial charge on any atom is -0.472 e. The molecule has 120 valence electrons. The van der Waals surface area contributed by atoms with Crippen molar-refractivity contribution in [3.63, 3.8) is 0 Å². The summed E-state index contributed by atoms with van der Waals surface area (Å²) in [7, 11) is 0. The molecule has 5 nitrogen and oxygen atoms in total. The van der Waals surface area contributed by atoms with Crippen LogP contribution < -0.4 is 15.0 Å². The van der Waals surface area contributed by atoms with Crippen LogP contribution in [0.2, 0.25) is 0 Å². The molecule has 5 heteroatoms. The van der Waals surface area contributed by atoms with E-state index in [0.29, 0.717) is 13.2 Å². The van der Waals surface area contributed by atoms with Gasteiger partial charge >= 0.3 is 0 Å². The highest BCUT2D eigenvalue weighted by molar-refractivity contribution is 5.53. The molecule has 0 atom stereocenters. The Morgan fingerprint density at radius 2 is 1.91 bits per heavy atom. The molecule has 0 amide bonds. The third kappa shape index (κ3) is 2.83.